The molecule has 0 saturated carbocycles. The molecule has 2 unspecified atom stereocenters. The molecule has 1 heterocycles. The lowest BCUT2D eigenvalue weighted by Gasteiger charge is -2.28. The predicted octanol–water partition coefficient (Wildman–Crippen LogP) is 2.31. The monoisotopic (exact) mass is 153 g/mol. The average molecular weight is 153 g/mol. The normalized spacial score (nSPS) is 31.7. The van der Waals surface area contributed by atoms with Gasteiger partial charge in [-0.25, -0.2) is 5.06 Å². The van der Waals surface area contributed by atoms with Gasteiger partial charge in [0.05, 0.1) is 6.10 Å². The Morgan fingerprint density at radius 3 is 2.73 bits per heavy atom. The van der Waals surface area contributed by atoms with Gasteiger partial charge < -0.3 is 0 Å². The molecule has 1 aliphatic heterocycles. The number of hydrogen-bond acceptors (Lipinski definition) is 2. The Morgan fingerprint density at radius 1 is 1.45 bits per heavy atom. The maximum Gasteiger partial charge on any atom is 0.0893 e. The van der Waals surface area contributed by atoms with E-state index in [0.717, 1.165) is 0 Å². The van der Waals surface area contributed by atoms with E-state index in [9.17, 15) is 0 Å². The summed E-state index contributed by atoms with van der Waals surface area (Å²) in [4.78, 5) is 5.50. The number of hydrogen-bond donors (Lipinski definition) is 0. The zero-order valence-electron chi connectivity index (χ0n) is 7.32. The molecule has 2 nitrogen and oxygen atoms in total. The summed E-state index contributed by atoms with van der Waals surface area (Å²) in [6.45, 7) is 6.19. The maximum absolute atomic E-state index is 5.50. The van der Waals surface area contributed by atoms with Crippen LogP contribution in [0.3, 0.4) is 0 Å². The lowest BCUT2D eigenvalue weighted by molar-refractivity contribution is -0.146. The van der Waals surface area contributed by atoms with Crippen LogP contribution in [-0.2, 0) is 4.84 Å². The molecule has 0 aromatic rings. The van der Waals surface area contributed by atoms with Crippen molar-refractivity contribution in [3.05, 3.63) is 24.6 Å². The fourth-order valence-electron chi connectivity index (χ4n) is 0.932. The molecule has 0 saturated heterocycles. The summed E-state index contributed by atoms with van der Waals surface area (Å²) in [5.41, 5.74) is 0. The molecule has 2 atom stereocenters. The Balaban J connectivity index is 2.56. The first kappa shape index (κ1) is 8.34. The zero-order valence-corrected chi connectivity index (χ0v) is 7.32. The van der Waals surface area contributed by atoms with Gasteiger partial charge in [0.1, 0.15) is 0 Å². The van der Waals surface area contributed by atoms with E-state index >= 15 is 0 Å². The molecule has 0 bridgehead atoms. The molecule has 0 aromatic heterocycles. The van der Waals surface area contributed by atoms with Crippen LogP contribution in [0, 0.1) is 5.92 Å². The fraction of sp³-hybridized carbons (Fsp3) is 0.556. The van der Waals surface area contributed by atoms with E-state index in [1.54, 1.807) is 5.06 Å². The molecule has 0 N–H and O–H groups in total. The van der Waals surface area contributed by atoms with Crippen molar-refractivity contribution in [2.24, 2.45) is 5.92 Å². The van der Waals surface area contributed by atoms with Crippen LogP contribution in [-0.4, -0.2) is 11.2 Å². The molecule has 0 amide bonds. The van der Waals surface area contributed by atoms with Crippen LogP contribution in [0.2, 0.25) is 0 Å². The molecule has 1 rings (SSSR count). The number of rotatable bonds is 1. The highest BCUT2D eigenvalue weighted by Crippen LogP contribution is 2.16. The first-order chi connectivity index (χ1) is 5.24. The number of nitrogens with zero attached hydrogens (tertiary/aromatic N) is 1. The van der Waals surface area contributed by atoms with Crippen molar-refractivity contribution in [3.63, 3.8) is 0 Å². The standard InChI is InChI=1S/C9H15NO/c1-4-6-10-7-5-8(2)9(3)11-10/h4-9H,1-3H3/b6-4-. The topological polar surface area (TPSA) is 12.5 Å². The third-order valence-corrected chi connectivity index (χ3v) is 1.86. The molecule has 62 valence electrons. The van der Waals surface area contributed by atoms with E-state index in [4.69, 9.17) is 4.84 Å². The van der Waals surface area contributed by atoms with Crippen molar-refractivity contribution in [1.29, 1.82) is 0 Å². The van der Waals surface area contributed by atoms with Crippen LogP contribution in [0.25, 0.3) is 0 Å². The van der Waals surface area contributed by atoms with Crippen molar-refractivity contribution < 1.29 is 4.84 Å². The molecular formula is C9H15NO. The Kier molecular flexibility index (Phi) is 2.71. The first-order valence-corrected chi connectivity index (χ1v) is 4.00. The first-order valence-electron chi connectivity index (χ1n) is 4.00. The second-order valence-corrected chi connectivity index (χ2v) is 2.85. The Hall–Kier alpha value is -0.760. The summed E-state index contributed by atoms with van der Waals surface area (Å²) in [5, 5.41) is 1.74. The molecule has 2 heteroatoms. The van der Waals surface area contributed by atoms with Crippen molar-refractivity contribution >= 4 is 0 Å². The summed E-state index contributed by atoms with van der Waals surface area (Å²) < 4.78 is 0. The Labute approximate surface area is 68.1 Å². The lowest BCUT2D eigenvalue weighted by Crippen LogP contribution is -2.28. The van der Waals surface area contributed by atoms with E-state index in [0.29, 0.717) is 5.92 Å². The van der Waals surface area contributed by atoms with E-state index in [1.807, 2.05) is 25.4 Å². The van der Waals surface area contributed by atoms with Gasteiger partial charge in [-0.15, -0.1) is 0 Å². The number of hydroxylamine groups is 2. The van der Waals surface area contributed by atoms with Gasteiger partial charge in [-0.05, 0) is 13.8 Å². The molecule has 0 spiro atoms. The van der Waals surface area contributed by atoms with E-state index in [1.165, 1.54) is 0 Å². The van der Waals surface area contributed by atoms with Gasteiger partial charge in [-0.2, -0.15) is 0 Å². The predicted molar refractivity (Wildman–Crippen MR) is 45.5 cm³/mol. The van der Waals surface area contributed by atoms with Crippen LogP contribution >= 0.6 is 0 Å². The van der Waals surface area contributed by atoms with Crippen molar-refractivity contribution in [2.75, 3.05) is 0 Å². The van der Waals surface area contributed by atoms with E-state index in [2.05, 4.69) is 19.9 Å². The summed E-state index contributed by atoms with van der Waals surface area (Å²) in [6, 6.07) is 0. The maximum atomic E-state index is 5.50. The highest BCUT2D eigenvalue weighted by atomic mass is 16.7. The van der Waals surface area contributed by atoms with Crippen LogP contribution in [0.1, 0.15) is 20.8 Å². The molecule has 0 aliphatic carbocycles. The Bertz CT molecular complexity index is 174. The highest BCUT2D eigenvalue weighted by Gasteiger charge is 2.16. The smallest absolute Gasteiger partial charge is 0.0893 e. The van der Waals surface area contributed by atoms with Gasteiger partial charge >= 0.3 is 0 Å². The molecular weight excluding hydrogens is 138 g/mol. The second kappa shape index (κ2) is 3.58. The molecule has 0 radical (unpaired) electrons. The van der Waals surface area contributed by atoms with Crippen LogP contribution in [0.5, 0.6) is 0 Å². The molecule has 0 aromatic carbocycles. The van der Waals surface area contributed by atoms with Gasteiger partial charge in [0.15, 0.2) is 0 Å². The quantitative estimate of drug-likeness (QED) is 0.573. The summed E-state index contributed by atoms with van der Waals surface area (Å²) in [6.07, 6.45) is 8.22. The highest BCUT2D eigenvalue weighted by molar-refractivity contribution is 4.94. The van der Waals surface area contributed by atoms with Crippen LogP contribution < -0.4 is 0 Å². The van der Waals surface area contributed by atoms with Gasteiger partial charge in [-0.1, -0.05) is 19.1 Å². The molecule has 0 fully saturated rings. The van der Waals surface area contributed by atoms with Gasteiger partial charge in [0.25, 0.3) is 0 Å². The van der Waals surface area contributed by atoms with E-state index < -0.39 is 0 Å². The SMILES string of the molecule is C/C=C\N1C=CC(C)C(C)O1. The number of allylic oxidation sites excluding steroid dienone is 1. The second-order valence-electron chi connectivity index (χ2n) is 2.85. The van der Waals surface area contributed by atoms with E-state index in [-0.39, 0.29) is 6.10 Å². The lowest BCUT2D eigenvalue weighted by atomic mass is 10.1. The minimum atomic E-state index is 0.274. The molecule has 11 heavy (non-hydrogen) atoms. The third kappa shape index (κ3) is 2.09. The zero-order chi connectivity index (χ0) is 8.27. The summed E-state index contributed by atoms with van der Waals surface area (Å²) in [7, 11) is 0. The minimum absolute atomic E-state index is 0.274. The largest absolute Gasteiger partial charge is 0.266 e. The van der Waals surface area contributed by atoms with Gasteiger partial charge in [0, 0.05) is 18.3 Å². The van der Waals surface area contributed by atoms with Crippen LogP contribution in [0.15, 0.2) is 24.6 Å². The minimum Gasteiger partial charge on any atom is -0.266 e. The van der Waals surface area contributed by atoms with Crippen molar-refractivity contribution in [1.82, 2.24) is 5.06 Å². The van der Waals surface area contributed by atoms with Gasteiger partial charge in [-0.3, -0.25) is 4.84 Å². The summed E-state index contributed by atoms with van der Waals surface area (Å²) in [5.74, 6) is 0.511. The fourth-order valence-corrected chi connectivity index (χ4v) is 0.932. The third-order valence-electron chi connectivity index (χ3n) is 1.86. The molecule has 1 aliphatic rings. The van der Waals surface area contributed by atoms with Crippen molar-refractivity contribution in [2.45, 2.75) is 26.9 Å². The van der Waals surface area contributed by atoms with Gasteiger partial charge in [0.2, 0.25) is 0 Å². The van der Waals surface area contributed by atoms with Crippen molar-refractivity contribution in [3.8, 4) is 0 Å². The summed E-state index contributed by atoms with van der Waals surface area (Å²) >= 11 is 0. The average Bonchev–Trinajstić information content (AvgIpc) is 1.98. The van der Waals surface area contributed by atoms with Crippen LogP contribution in [0.4, 0.5) is 0 Å². The Morgan fingerprint density at radius 2 is 2.18 bits per heavy atom.